The molecule has 2 rings (SSSR count). The number of ether oxygens (including phenoxy) is 3. The largest absolute Gasteiger partial charge is 0.466 e. The molecule has 0 aliphatic carbocycles. The molecule has 0 unspecified atom stereocenters. The summed E-state index contributed by atoms with van der Waals surface area (Å²) in [6.45, 7) is -0.308. The van der Waals surface area contributed by atoms with E-state index in [-0.39, 0.29) is 33.9 Å². The molecule has 1 heterocycles. The van der Waals surface area contributed by atoms with Gasteiger partial charge in [-0.3, -0.25) is 0 Å². The molecule has 1 aliphatic heterocycles. The molecule has 1 aliphatic rings. The van der Waals surface area contributed by atoms with Crippen molar-refractivity contribution in [3.8, 4) is 0 Å². The van der Waals surface area contributed by atoms with Gasteiger partial charge in [-0.1, -0.05) is 0 Å². The molecule has 0 spiro atoms. The monoisotopic (exact) mass is 471 g/mol. The Bertz CT molecular complexity index is 732. The van der Waals surface area contributed by atoms with E-state index < -0.39 is 23.7 Å². The molecule has 0 bridgehead atoms. The average Bonchev–Trinajstić information content (AvgIpc) is 2.58. The Balaban J connectivity index is 2.56. The van der Waals surface area contributed by atoms with Gasteiger partial charge >= 0.3 is 18.1 Å². The predicted octanol–water partition coefficient (Wildman–Crippen LogP) is 2.70. The molecular formula is C15H13F3INO5. The maximum atomic E-state index is 12.8. The van der Waals surface area contributed by atoms with Gasteiger partial charge in [0.15, 0.2) is 0 Å². The summed E-state index contributed by atoms with van der Waals surface area (Å²) in [6, 6.07) is 3.03. The Morgan fingerprint density at radius 3 is 2.36 bits per heavy atom. The zero-order chi connectivity index (χ0) is 18.8. The second-order valence-corrected chi connectivity index (χ2v) is 6.04. The second-order valence-electron chi connectivity index (χ2n) is 4.88. The minimum absolute atomic E-state index is 0.0729. The van der Waals surface area contributed by atoms with Gasteiger partial charge in [0.1, 0.15) is 12.4 Å². The number of halogens is 4. The lowest BCUT2D eigenvalue weighted by Crippen LogP contribution is -2.39. The van der Waals surface area contributed by atoms with Gasteiger partial charge in [-0.2, -0.15) is 13.2 Å². The lowest BCUT2D eigenvalue weighted by Gasteiger charge is -2.32. The maximum absolute atomic E-state index is 12.8. The zero-order valence-corrected chi connectivity index (χ0v) is 15.3. The van der Waals surface area contributed by atoms with Crippen molar-refractivity contribution in [2.75, 3.05) is 32.5 Å². The van der Waals surface area contributed by atoms with Crippen LogP contribution >= 0.6 is 22.6 Å². The molecule has 136 valence electrons. The molecule has 0 aromatic heterocycles. The number of alkyl halides is 3. The van der Waals surface area contributed by atoms with E-state index >= 15 is 0 Å². The second kappa shape index (κ2) is 7.60. The summed E-state index contributed by atoms with van der Waals surface area (Å²) < 4.78 is 53.3. The Morgan fingerprint density at radius 2 is 1.84 bits per heavy atom. The summed E-state index contributed by atoms with van der Waals surface area (Å²) in [5, 5.41) is 0. The quantitative estimate of drug-likeness (QED) is 0.499. The first-order valence-corrected chi connectivity index (χ1v) is 7.90. The van der Waals surface area contributed by atoms with Crippen molar-refractivity contribution in [1.82, 2.24) is 0 Å². The fourth-order valence-corrected chi connectivity index (χ4v) is 3.04. The number of rotatable bonds is 3. The molecule has 1 aromatic rings. The van der Waals surface area contributed by atoms with Crippen LogP contribution in [0.3, 0.4) is 0 Å². The van der Waals surface area contributed by atoms with Gasteiger partial charge in [-0.15, -0.1) is 0 Å². The molecule has 0 saturated heterocycles. The molecule has 1 aromatic carbocycles. The summed E-state index contributed by atoms with van der Waals surface area (Å²) in [4.78, 5) is 25.3. The number of anilines is 1. The standard InChI is InChI=1S/C15H13F3INO5/c1-23-13(21)9-6-25-7-20(12(9)14(22)24-2)11-4-3-8(5-10(11)19)15(16,17)18/h3-5H,6-7H2,1-2H3. The number of esters is 2. The van der Waals surface area contributed by atoms with Crippen LogP contribution in [0.15, 0.2) is 29.5 Å². The zero-order valence-electron chi connectivity index (χ0n) is 13.1. The highest BCUT2D eigenvalue weighted by Crippen LogP contribution is 2.35. The van der Waals surface area contributed by atoms with Gasteiger partial charge in [0.2, 0.25) is 0 Å². The Morgan fingerprint density at radius 1 is 1.20 bits per heavy atom. The van der Waals surface area contributed by atoms with Crippen molar-refractivity contribution in [2.45, 2.75) is 6.18 Å². The van der Waals surface area contributed by atoms with Crippen molar-refractivity contribution < 1.29 is 37.0 Å². The Kier molecular flexibility index (Phi) is 5.93. The highest BCUT2D eigenvalue weighted by molar-refractivity contribution is 14.1. The van der Waals surface area contributed by atoms with Crippen molar-refractivity contribution in [3.63, 3.8) is 0 Å². The summed E-state index contributed by atoms with van der Waals surface area (Å²) in [5.74, 6) is -1.61. The Labute approximate surface area is 154 Å². The lowest BCUT2D eigenvalue weighted by atomic mass is 10.1. The number of nitrogens with zero attached hydrogens (tertiary/aromatic N) is 1. The number of benzene rings is 1. The normalized spacial score (nSPS) is 15.2. The van der Waals surface area contributed by atoms with Crippen LogP contribution in [0.5, 0.6) is 0 Å². The molecule has 0 saturated carbocycles. The first kappa shape index (κ1) is 19.5. The molecule has 6 nitrogen and oxygen atoms in total. The molecule has 0 fully saturated rings. The number of carbonyl (C=O) groups is 2. The van der Waals surface area contributed by atoms with Gasteiger partial charge in [0.05, 0.1) is 37.7 Å². The fraction of sp³-hybridized carbons (Fsp3) is 0.333. The van der Waals surface area contributed by atoms with Crippen molar-refractivity contribution >= 4 is 40.2 Å². The fourth-order valence-electron chi connectivity index (χ4n) is 2.24. The summed E-state index contributed by atoms with van der Waals surface area (Å²) >= 11 is 1.72. The molecule has 0 amide bonds. The van der Waals surface area contributed by atoms with Gasteiger partial charge in [-0.25, -0.2) is 9.59 Å². The first-order chi connectivity index (χ1) is 11.7. The van der Waals surface area contributed by atoms with Crippen molar-refractivity contribution in [3.05, 3.63) is 38.6 Å². The lowest BCUT2D eigenvalue weighted by molar-refractivity contribution is -0.140. The van der Waals surface area contributed by atoms with Crippen LogP contribution in [0.4, 0.5) is 18.9 Å². The van der Waals surface area contributed by atoms with E-state index in [2.05, 4.69) is 4.74 Å². The molecule has 10 heteroatoms. The van der Waals surface area contributed by atoms with E-state index in [0.717, 1.165) is 26.4 Å². The van der Waals surface area contributed by atoms with E-state index in [4.69, 9.17) is 9.47 Å². The van der Waals surface area contributed by atoms with E-state index in [9.17, 15) is 22.8 Å². The van der Waals surface area contributed by atoms with Crippen LogP contribution in [0, 0.1) is 3.57 Å². The number of hydrogen-bond donors (Lipinski definition) is 0. The van der Waals surface area contributed by atoms with Gasteiger partial charge in [-0.05, 0) is 40.8 Å². The van der Waals surface area contributed by atoms with Gasteiger partial charge < -0.3 is 19.1 Å². The van der Waals surface area contributed by atoms with Crippen LogP contribution < -0.4 is 4.90 Å². The highest BCUT2D eigenvalue weighted by Gasteiger charge is 2.35. The molecule has 25 heavy (non-hydrogen) atoms. The van der Waals surface area contributed by atoms with E-state index in [0.29, 0.717) is 0 Å². The van der Waals surface area contributed by atoms with Crippen LogP contribution in [-0.4, -0.2) is 39.5 Å². The van der Waals surface area contributed by atoms with Gasteiger partial charge in [0.25, 0.3) is 0 Å². The number of carbonyl (C=O) groups excluding carboxylic acids is 2. The van der Waals surface area contributed by atoms with Gasteiger partial charge in [0, 0.05) is 3.57 Å². The van der Waals surface area contributed by atoms with E-state index in [1.54, 1.807) is 22.6 Å². The minimum atomic E-state index is -4.49. The minimum Gasteiger partial charge on any atom is -0.466 e. The topological polar surface area (TPSA) is 65.1 Å². The third-order valence-corrected chi connectivity index (χ3v) is 4.26. The SMILES string of the molecule is COC(=O)C1=C(C(=O)OC)N(c2ccc(C(F)(F)F)cc2I)COC1. The molecule has 0 N–H and O–H groups in total. The van der Waals surface area contributed by atoms with Crippen LogP contribution in [0.1, 0.15) is 5.56 Å². The average molecular weight is 471 g/mol. The number of hydrogen-bond acceptors (Lipinski definition) is 6. The molecular weight excluding hydrogens is 458 g/mol. The Hall–Kier alpha value is -1.82. The summed E-state index contributed by atoms with van der Waals surface area (Å²) in [6.07, 6.45) is -4.49. The molecule has 0 atom stereocenters. The van der Waals surface area contributed by atoms with Crippen molar-refractivity contribution in [2.24, 2.45) is 0 Å². The summed E-state index contributed by atoms with van der Waals surface area (Å²) in [7, 11) is 2.28. The smallest absolute Gasteiger partial charge is 0.416 e. The first-order valence-electron chi connectivity index (χ1n) is 6.82. The van der Waals surface area contributed by atoms with E-state index in [1.165, 1.54) is 11.0 Å². The molecule has 0 radical (unpaired) electrons. The van der Waals surface area contributed by atoms with E-state index in [1.807, 2.05) is 0 Å². The van der Waals surface area contributed by atoms with Crippen molar-refractivity contribution in [1.29, 1.82) is 0 Å². The predicted molar refractivity (Wildman–Crippen MR) is 88.5 cm³/mol. The van der Waals surface area contributed by atoms with Crippen LogP contribution in [0.2, 0.25) is 0 Å². The third-order valence-electron chi connectivity index (χ3n) is 3.40. The van der Waals surface area contributed by atoms with Crippen LogP contribution in [-0.2, 0) is 30.0 Å². The van der Waals surface area contributed by atoms with Crippen LogP contribution in [0.25, 0.3) is 0 Å². The summed E-state index contributed by atoms with van der Waals surface area (Å²) in [5.41, 5.74) is -0.750. The number of methoxy groups -OCH3 is 2. The third kappa shape index (κ3) is 4.06. The highest BCUT2D eigenvalue weighted by atomic mass is 127. The maximum Gasteiger partial charge on any atom is 0.416 e.